The van der Waals surface area contributed by atoms with Gasteiger partial charge in [0, 0.05) is 0 Å². The molecule has 0 aliphatic carbocycles. The van der Waals surface area contributed by atoms with Crippen LogP contribution in [0.2, 0.25) is 0 Å². The number of hydrogen-bond acceptors (Lipinski definition) is 6. The van der Waals surface area contributed by atoms with E-state index in [1.165, 1.54) is 36.4 Å². The molecule has 0 saturated carbocycles. The van der Waals surface area contributed by atoms with Gasteiger partial charge in [-0.1, -0.05) is 36.4 Å². The van der Waals surface area contributed by atoms with Crippen LogP contribution in [0.5, 0.6) is 0 Å². The summed E-state index contributed by atoms with van der Waals surface area (Å²) in [4.78, 5) is -0.838. The zero-order valence-corrected chi connectivity index (χ0v) is 13.9. The van der Waals surface area contributed by atoms with E-state index in [4.69, 9.17) is 11.5 Å². The van der Waals surface area contributed by atoms with Crippen molar-refractivity contribution in [1.29, 1.82) is 0 Å². The van der Waals surface area contributed by atoms with E-state index < -0.39 is 42.1 Å². The van der Waals surface area contributed by atoms with Gasteiger partial charge in [0.1, 0.15) is 0 Å². The summed E-state index contributed by atoms with van der Waals surface area (Å²) >= 11 is 0. The van der Waals surface area contributed by atoms with Crippen LogP contribution in [0.1, 0.15) is 23.2 Å². The van der Waals surface area contributed by atoms with Gasteiger partial charge in [-0.05, 0) is 23.3 Å². The molecule has 2 rings (SSSR count). The van der Waals surface area contributed by atoms with Gasteiger partial charge in [-0.25, -0.2) is 0 Å². The van der Waals surface area contributed by atoms with Gasteiger partial charge < -0.3 is 11.5 Å². The van der Waals surface area contributed by atoms with Crippen LogP contribution in [-0.4, -0.2) is 25.9 Å². The lowest BCUT2D eigenvalue weighted by molar-refractivity contribution is 0.471. The predicted molar refractivity (Wildman–Crippen MR) is 86.4 cm³/mol. The van der Waals surface area contributed by atoms with E-state index in [1.807, 2.05) is 0 Å². The van der Waals surface area contributed by atoms with Gasteiger partial charge in [0.2, 0.25) is 0 Å². The quantitative estimate of drug-likeness (QED) is 0.562. The third kappa shape index (κ3) is 3.80. The molecular weight excluding hydrogens is 356 g/mol. The van der Waals surface area contributed by atoms with Crippen molar-refractivity contribution >= 4 is 20.2 Å². The van der Waals surface area contributed by atoms with Crippen LogP contribution in [0.4, 0.5) is 0 Å². The maximum atomic E-state index is 11.5. The van der Waals surface area contributed by atoms with E-state index in [1.54, 1.807) is 0 Å². The number of benzene rings is 2. The molecule has 2 atom stereocenters. The first-order valence-electron chi connectivity index (χ1n) is 6.67. The maximum Gasteiger partial charge on any atom is 0.294 e. The lowest BCUT2D eigenvalue weighted by Crippen LogP contribution is -2.29. The highest BCUT2D eigenvalue weighted by molar-refractivity contribution is 7.86. The Bertz CT molecular complexity index is 877. The normalized spacial score (nSPS) is 15.0. The Morgan fingerprint density at radius 2 is 0.958 bits per heavy atom. The second kappa shape index (κ2) is 6.59. The van der Waals surface area contributed by atoms with Gasteiger partial charge in [-0.15, -0.1) is 0 Å². The van der Waals surface area contributed by atoms with Gasteiger partial charge in [-0.2, -0.15) is 16.8 Å². The lowest BCUT2D eigenvalue weighted by Gasteiger charge is -2.23. The monoisotopic (exact) mass is 372 g/mol. The predicted octanol–water partition coefficient (Wildman–Crippen LogP) is 0.880. The summed E-state index contributed by atoms with van der Waals surface area (Å²) in [5.74, 6) is 0. The van der Waals surface area contributed by atoms with Crippen molar-refractivity contribution in [1.82, 2.24) is 0 Å². The first-order chi connectivity index (χ1) is 11.0. The van der Waals surface area contributed by atoms with Crippen molar-refractivity contribution in [3.8, 4) is 0 Å². The smallest absolute Gasteiger partial charge is 0.294 e. The summed E-state index contributed by atoms with van der Waals surface area (Å²) in [5, 5.41) is 0. The first kappa shape index (κ1) is 18.5. The molecular formula is C14H16N2O6S2. The van der Waals surface area contributed by atoms with E-state index in [2.05, 4.69) is 0 Å². The molecule has 0 heterocycles. The molecule has 6 N–H and O–H groups in total. The zero-order valence-electron chi connectivity index (χ0n) is 12.3. The Morgan fingerprint density at radius 1 is 0.667 bits per heavy atom. The van der Waals surface area contributed by atoms with Crippen molar-refractivity contribution in [2.45, 2.75) is 21.9 Å². The van der Waals surface area contributed by atoms with Crippen LogP contribution in [0.25, 0.3) is 0 Å². The summed E-state index contributed by atoms with van der Waals surface area (Å²) in [6.45, 7) is 0. The van der Waals surface area contributed by atoms with Crippen LogP contribution in [-0.2, 0) is 20.2 Å². The van der Waals surface area contributed by atoms with Crippen molar-refractivity contribution in [3.63, 3.8) is 0 Å². The third-order valence-electron chi connectivity index (χ3n) is 3.50. The Hall–Kier alpha value is -1.82. The fraction of sp³-hybridized carbons (Fsp3) is 0.143. The summed E-state index contributed by atoms with van der Waals surface area (Å²) in [6.07, 6.45) is 0. The molecule has 0 radical (unpaired) electrons. The fourth-order valence-electron chi connectivity index (χ4n) is 2.37. The zero-order chi connectivity index (χ0) is 18.1. The average Bonchev–Trinajstić information content (AvgIpc) is 2.52. The summed E-state index contributed by atoms with van der Waals surface area (Å²) in [7, 11) is -9.07. The molecule has 0 spiro atoms. The molecule has 0 amide bonds. The minimum Gasteiger partial charge on any atom is -0.322 e. The molecule has 0 aromatic heterocycles. The second-order valence-corrected chi connectivity index (χ2v) is 7.86. The van der Waals surface area contributed by atoms with Crippen LogP contribution in [0, 0.1) is 0 Å². The van der Waals surface area contributed by atoms with Crippen molar-refractivity contribution in [3.05, 3.63) is 59.7 Å². The topological polar surface area (TPSA) is 161 Å². The molecule has 8 nitrogen and oxygen atoms in total. The Labute approximate surface area is 139 Å². The Morgan fingerprint density at radius 3 is 1.25 bits per heavy atom. The minimum absolute atomic E-state index is 0.0256. The molecule has 0 saturated heterocycles. The van der Waals surface area contributed by atoms with Crippen LogP contribution >= 0.6 is 0 Å². The van der Waals surface area contributed by atoms with E-state index in [-0.39, 0.29) is 11.1 Å². The summed E-state index contributed by atoms with van der Waals surface area (Å²) < 4.78 is 64.5. The highest BCUT2D eigenvalue weighted by atomic mass is 32.2. The van der Waals surface area contributed by atoms with Gasteiger partial charge in [0.15, 0.2) is 0 Å². The summed E-state index contributed by atoms with van der Waals surface area (Å²) in [5.41, 5.74) is 12.1. The molecule has 0 fully saturated rings. The standard InChI is InChI=1S/C14H16N2O6S2/c15-13(9-5-1-3-7-11(9)23(17,18)19)14(16)10-6-2-4-8-12(10)24(20,21)22/h1-8,13-14H,15-16H2,(H,17,18,19)(H,20,21,22)/t13-,14-/m0/s1. The van der Waals surface area contributed by atoms with Gasteiger partial charge in [-0.3, -0.25) is 9.11 Å². The summed E-state index contributed by atoms with van der Waals surface area (Å²) in [6, 6.07) is 8.56. The van der Waals surface area contributed by atoms with Gasteiger partial charge >= 0.3 is 0 Å². The first-order valence-corrected chi connectivity index (χ1v) is 9.55. The van der Waals surface area contributed by atoms with Crippen LogP contribution < -0.4 is 11.5 Å². The van der Waals surface area contributed by atoms with Crippen LogP contribution in [0.15, 0.2) is 58.3 Å². The highest BCUT2D eigenvalue weighted by Crippen LogP contribution is 2.32. The lowest BCUT2D eigenvalue weighted by atomic mass is 9.95. The minimum atomic E-state index is -4.54. The number of nitrogens with two attached hydrogens (primary N) is 2. The molecule has 130 valence electrons. The van der Waals surface area contributed by atoms with Crippen molar-refractivity contribution in [2.75, 3.05) is 0 Å². The van der Waals surface area contributed by atoms with Crippen molar-refractivity contribution in [2.24, 2.45) is 11.5 Å². The van der Waals surface area contributed by atoms with E-state index in [0.717, 1.165) is 12.1 Å². The van der Waals surface area contributed by atoms with Gasteiger partial charge in [0.25, 0.3) is 20.2 Å². The molecule has 24 heavy (non-hydrogen) atoms. The second-order valence-electron chi connectivity index (χ2n) is 5.08. The average molecular weight is 372 g/mol. The molecule has 0 bridgehead atoms. The molecule has 2 aromatic carbocycles. The maximum absolute atomic E-state index is 11.5. The Balaban J connectivity index is 2.56. The van der Waals surface area contributed by atoms with Crippen molar-refractivity contribution < 1.29 is 25.9 Å². The SMILES string of the molecule is N[C@@H](c1ccccc1S(=O)(=O)O)[C@@H](N)c1ccccc1S(=O)(=O)O. The largest absolute Gasteiger partial charge is 0.322 e. The molecule has 0 aliphatic heterocycles. The molecule has 0 unspecified atom stereocenters. The van der Waals surface area contributed by atoms with E-state index >= 15 is 0 Å². The van der Waals surface area contributed by atoms with Crippen LogP contribution in [0.3, 0.4) is 0 Å². The van der Waals surface area contributed by atoms with Gasteiger partial charge in [0.05, 0.1) is 21.9 Å². The van der Waals surface area contributed by atoms with E-state index in [0.29, 0.717) is 0 Å². The molecule has 2 aromatic rings. The van der Waals surface area contributed by atoms with E-state index in [9.17, 15) is 25.9 Å². The molecule has 10 heteroatoms. The molecule has 0 aliphatic rings. The number of rotatable bonds is 5. The fourth-order valence-corrected chi connectivity index (χ4v) is 3.87. The highest BCUT2D eigenvalue weighted by Gasteiger charge is 2.28. The Kier molecular flexibility index (Phi) is 5.08. The third-order valence-corrected chi connectivity index (χ3v) is 5.35. The number of hydrogen-bond donors (Lipinski definition) is 4.